The van der Waals surface area contributed by atoms with Gasteiger partial charge >= 0.3 is 0 Å². The van der Waals surface area contributed by atoms with E-state index in [4.69, 9.17) is 4.74 Å². The molecule has 1 N–H and O–H groups in total. The lowest BCUT2D eigenvalue weighted by Gasteiger charge is -2.30. The van der Waals surface area contributed by atoms with Gasteiger partial charge in [0.25, 0.3) is 0 Å². The van der Waals surface area contributed by atoms with E-state index in [-0.39, 0.29) is 16.7 Å². The van der Waals surface area contributed by atoms with Crippen LogP contribution in [0.5, 0.6) is 5.75 Å². The van der Waals surface area contributed by atoms with Crippen LogP contribution in [0.2, 0.25) is 0 Å². The van der Waals surface area contributed by atoms with Gasteiger partial charge in [-0.2, -0.15) is 9.40 Å². The van der Waals surface area contributed by atoms with Crippen LogP contribution in [0.4, 0.5) is 0 Å². The molecular weight excluding hydrogens is 452 g/mol. The van der Waals surface area contributed by atoms with Gasteiger partial charge in [0, 0.05) is 38.2 Å². The van der Waals surface area contributed by atoms with Crippen LogP contribution >= 0.6 is 0 Å². The quantitative estimate of drug-likeness (QED) is 0.506. The van der Waals surface area contributed by atoms with Crippen molar-refractivity contribution in [3.8, 4) is 11.4 Å². The standard InChI is InChI=1S/C25H30N4O4S/c1-2-33-23-8-10-24(11-9-23)34(31,32)28-17-13-20(14-18-28)25(30)26-16-12-21-15-19-29(27-21)22-6-4-3-5-7-22/h3-11,15,19-20H,2,12-14,16-18H2,1H3,(H,26,30). The molecule has 1 amide bonds. The van der Waals surface area contributed by atoms with Gasteiger partial charge in [0.05, 0.1) is 22.9 Å². The number of carbonyl (C=O) groups excluding carboxylic acids is 1. The largest absolute Gasteiger partial charge is 0.494 e. The first-order valence-corrected chi connectivity index (χ1v) is 13.0. The number of carbonyl (C=O) groups is 1. The van der Waals surface area contributed by atoms with Crippen molar-refractivity contribution >= 4 is 15.9 Å². The first kappa shape index (κ1) is 24.0. The molecule has 2 heterocycles. The third kappa shape index (κ3) is 5.66. The van der Waals surface area contributed by atoms with Crippen molar-refractivity contribution < 1.29 is 17.9 Å². The molecule has 0 radical (unpaired) electrons. The van der Waals surface area contributed by atoms with E-state index in [0.717, 1.165) is 11.4 Å². The number of hydrogen-bond donors (Lipinski definition) is 1. The number of nitrogens with one attached hydrogen (secondary N) is 1. The number of ether oxygens (including phenoxy) is 1. The van der Waals surface area contributed by atoms with Crippen LogP contribution in [0.15, 0.2) is 71.8 Å². The van der Waals surface area contributed by atoms with Crippen LogP contribution in [0.1, 0.15) is 25.5 Å². The number of para-hydroxylation sites is 1. The lowest BCUT2D eigenvalue weighted by Crippen LogP contribution is -2.43. The minimum absolute atomic E-state index is 0.0272. The predicted molar refractivity (Wildman–Crippen MR) is 129 cm³/mol. The summed E-state index contributed by atoms with van der Waals surface area (Å²) in [6, 6.07) is 18.3. The Morgan fingerprint density at radius 1 is 1.06 bits per heavy atom. The highest BCUT2D eigenvalue weighted by Crippen LogP contribution is 2.25. The zero-order valence-corrected chi connectivity index (χ0v) is 20.1. The summed E-state index contributed by atoms with van der Waals surface area (Å²) < 4.78 is 34.5. The second-order valence-electron chi connectivity index (χ2n) is 8.21. The molecule has 0 spiro atoms. The van der Waals surface area contributed by atoms with Crippen LogP contribution in [-0.4, -0.2) is 54.7 Å². The monoisotopic (exact) mass is 482 g/mol. The topological polar surface area (TPSA) is 93.5 Å². The molecule has 9 heteroatoms. The summed E-state index contributed by atoms with van der Waals surface area (Å²) in [4.78, 5) is 12.9. The number of nitrogens with zero attached hydrogens (tertiary/aromatic N) is 3. The van der Waals surface area contributed by atoms with Crippen LogP contribution in [0.3, 0.4) is 0 Å². The number of piperidine rings is 1. The summed E-state index contributed by atoms with van der Waals surface area (Å²) in [6.45, 7) is 3.56. The number of aromatic nitrogens is 2. The van der Waals surface area contributed by atoms with Gasteiger partial charge in [0.2, 0.25) is 15.9 Å². The summed E-state index contributed by atoms with van der Waals surface area (Å²) >= 11 is 0. The Morgan fingerprint density at radius 2 is 1.76 bits per heavy atom. The van der Waals surface area contributed by atoms with Crippen LogP contribution in [-0.2, 0) is 21.2 Å². The molecule has 1 aromatic heterocycles. The lowest BCUT2D eigenvalue weighted by molar-refractivity contribution is -0.126. The second-order valence-corrected chi connectivity index (χ2v) is 10.1. The Labute approximate surface area is 200 Å². The predicted octanol–water partition coefficient (Wildman–Crippen LogP) is 3.03. The maximum atomic E-state index is 12.9. The van der Waals surface area contributed by atoms with Crippen molar-refractivity contribution in [2.24, 2.45) is 5.92 Å². The molecule has 0 atom stereocenters. The van der Waals surface area contributed by atoms with Gasteiger partial charge in [-0.3, -0.25) is 4.79 Å². The molecule has 0 saturated carbocycles. The van der Waals surface area contributed by atoms with Crippen LogP contribution in [0.25, 0.3) is 5.69 Å². The highest BCUT2D eigenvalue weighted by molar-refractivity contribution is 7.89. The molecule has 0 aliphatic carbocycles. The van der Waals surface area contributed by atoms with Crippen molar-refractivity contribution in [2.75, 3.05) is 26.2 Å². The highest BCUT2D eigenvalue weighted by Gasteiger charge is 2.32. The molecule has 1 aliphatic rings. The molecule has 2 aromatic carbocycles. The van der Waals surface area contributed by atoms with Gasteiger partial charge in [-0.1, -0.05) is 18.2 Å². The fourth-order valence-corrected chi connectivity index (χ4v) is 5.53. The molecule has 34 heavy (non-hydrogen) atoms. The number of amides is 1. The van der Waals surface area contributed by atoms with E-state index in [2.05, 4.69) is 10.4 Å². The molecule has 8 nitrogen and oxygen atoms in total. The van der Waals surface area contributed by atoms with Crippen molar-refractivity contribution in [1.82, 2.24) is 19.4 Å². The van der Waals surface area contributed by atoms with Crippen molar-refractivity contribution in [2.45, 2.75) is 31.1 Å². The minimum atomic E-state index is -3.58. The SMILES string of the molecule is CCOc1ccc(S(=O)(=O)N2CCC(C(=O)NCCc3ccn(-c4ccccc4)n3)CC2)cc1. The smallest absolute Gasteiger partial charge is 0.243 e. The van der Waals surface area contributed by atoms with Gasteiger partial charge in [-0.25, -0.2) is 13.1 Å². The third-order valence-corrected chi connectivity index (χ3v) is 7.86. The van der Waals surface area contributed by atoms with Crippen molar-refractivity contribution in [3.63, 3.8) is 0 Å². The number of sulfonamides is 1. The van der Waals surface area contributed by atoms with Gasteiger partial charge < -0.3 is 10.1 Å². The Kier molecular flexibility index (Phi) is 7.64. The van der Waals surface area contributed by atoms with Gasteiger partial charge in [-0.05, 0) is 62.2 Å². The lowest BCUT2D eigenvalue weighted by atomic mass is 9.97. The van der Waals surface area contributed by atoms with Gasteiger partial charge in [-0.15, -0.1) is 0 Å². The average Bonchev–Trinajstić information content (AvgIpc) is 3.34. The fourth-order valence-electron chi connectivity index (χ4n) is 4.06. The maximum absolute atomic E-state index is 12.9. The molecule has 0 bridgehead atoms. The molecule has 180 valence electrons. The van der Waals surface area contributed by atoms with Crippen molar-refractivity contribution in [3.05, 3.63) is 72.6 Å². The van der Waals surface area contributed by atoms with Crippen LogP contribution < -0.4 is 10.1 Å². The van der Waals surface area contributed by atoms with E-state index in [1.165, 1.54) is 4.31 Å². The molecular formula is C25H30N4O4S. The summed E-state index contributed by atoms with van der Waals surface area (Å²) in [6.07, 6.45) is 3.55. The zero-order valence-electron chi connectivity index (χ0n) is 19.3. The van der Waals surface area contributed by atoms with E-state index < -0.39 is 10.0 Å². The Hall–Kier alpha value is -3.17. The zero-order chi connectivity index (χ0) is 24.0. The highest BCUT2D eigenvalue weighted by atomic mass is 32.2. The van der Waals surface area contributed by atoms with E-state index in [1.807, 2.05) is 54.2 Å². The average molecular weight is 483 g/mol. The molecule has 4 rings (SSSR count). The normalized spacial score (nSPS) is 15.2. The first-order valence-electron chi connectivity index (χ1n) is 11.6. The van der Waals surface area contributed by atoms with E-state index in [9.17, 15) is 13.2 Å². The Morgan fingerprint density at radius 3 is 2.44 bits per heavy atom. The molecule has 1 fully saturated rings. The van der Waals surface area contributed by atoms with E-state index in [0.29, 0.717) is 51.3 Å². The van der Waals surface area contributed by atoms with E-state index in [1.54, 1.807) is 24.3 Å². The van der Waals surface area contributed by atoms with Crippen molar-refractivity contribution in [1.29, 1.82) is 0 Å². The summed E-state index contributed by atoms with van der Waals surface area (Å²) in [7, 11) is -3.58. The minimum Gasteiger partial charge on any atom is -0.494 e. The summed E-state index contributed by atoms with van der Waals surface area (Å²) in [5.41, 5.74) is 1.89. The molecule has 1 aliphatic heterocycles. The first-order chi connectivity index (χ1) is 16.5. The fraction of sp³-hybridized carbons (Fsp3) is 0.360. The Bertz CT molecular complexity index is 1190. The maximum Gasteiger partial charge on any atom is 0.243 e. The Balaban J connectivity index is 1.24. The van der Waals surface area contributed by atoms with E-state index >= 15 is 0 Å². The van der Waals surface area contributed by atoms with Gasteiger partial charge in [0.15, 0.2) is 0 Å². The number of hydrogen-bond acceptors (Lipinski definition) is 5. The molecule has 1 saturated heterocycles. The number of benzene rings is 2. The summed E-state index contributed by atoms with van der Waals surface area (Å²) in [5, 5.41) is 7.54. The third-order valence-electron chi connectivity index (χ3n) is 5.94. The van der Waals surface area contributed by atoms with Gasteiger partial charge in [0.1, 0.15) is 5.75 Å². The number of rotatable bonds is 9. The summed E-state index contributed by atoms with van der Waals surface area (Å²) in [5.74, 6) is 0.429. The molecule has 0 unspecified atom stereocenters. The van der Waals surface area contributed by atoms with Crippen LogP contribution in [0, 0.1) is 5.92 Å². The second kappa shape index (κ2) is 10.8. The molecule has 3 aromatic rings.